The van der Waals surface area contributed by atoms with Gasteiger partial charge in [-0.25, -0.2) is 0 Å². The van der Waals surface area contributed by atoms with E-state index in [0.29, 0.717) is 25.7 Å². The fourth-order valence-corrected chi connectivity index (χ4v) is 1.77. The molecule has 1 N–H and O–H groups in total. The number of carboxylic acid groups (broad SMARTS) is 1. The molecule has 0 radical (unpaired) electrons. The van der Waals surface area contributed by atoms with E-state index in [9.17, 15) is 4.79 Å². The third kappa shape index (κ3) is 2.00. The van der Waals surface area contributed by atoms with Crippen LogP contribution in [0.25, 0.3) is 0 Å². The number of carboxylic acids is 1. The van der Waals surface area contributed by atoms with Gasteiger partial charge in [0, 0.05) is 12.3 Å². The number of ether oxygens (including phenoxy) is 3. The zero-order valence-corrected chi connectivity index (χ0v) is 8.99. The number of aliphatic carboxylic acids is 1. The predicted molar refractivity (Wildman–Crippen MR) is 50.1 cm³/mol. The van der Waals surface area contributed by atoms with E-state index in [1.807, 2.05) is 0 Å². The Morgan fingerprint density at radius 1 is 1.33 bits per heavy atom. The maximum atomic E-state index is 11.0. The summed E-state index contributed by atoms with van der Waals surface area (Å²) in [4.78, 5) is 11.0. The smallest absolute Gasteiger partial charge is 0.309 e. The van der Waals surface area contributed by atoms with Gasteiger partial charge in [-0.2, -0.15) is 0 Å². The molecule has 0 unspecified atom stereocenters. The van der Waals surface area contributed by atoms with Gasteiger partial charge in [0.15, 0.2) is 0 Å². The topological polar surface area (TPSA) is 65.0 Å². The molecule has 3 fully saturated rings. The molecule has 0 aromatic heterocycles. The van der Waals surface area contributed by atoms with Crippen LogP contribution in [-0.4, -0.2) is 36.9 Å². The van der Waals surface area contributed by atoms with E-state index in [-0.39, 0.29) is 6.42 Å². The van der Waals surface area contributed by atoms with Crippen molar-refractivity contribution in [1.82, 2.24) is 0 Å². The molecule has 3 rings (SSSR count). The first-order valence-electron chi connectivity index (χ1n) is 5.09. The van der Waals surface area contributed by atoms with Crippen LogP contribution in [0.2, 0.25) is 0 Å². The third-order valence-corrected chi connectivity index (χ3v) is 2.85. The van der Waals surface area contributed by atoms with Gasteiger partial charge in [0.1, 0.15) is 0 Å². The van der Waals surface area contributed by atoms with Crippen molar-refractivity contribution < 1.29 is 24.1 Å². The Kier molecular flexibility index (Phi) is 2.48. The minimum atomic E-state index is -1.13. The van der Waals surface area contributed by atoms with Gasteiger partial charge in [-0.3, -0.25) is 4.79 Å². The van der Waals surface area contributed by atoms with E-state index < -0.39 is 17.4 Å². The summed E-state index contributed by atoms with van der Waals surface area (Å²) in [5, 5.41) is 9.03. The Morgan fingerprint density at radius 2 is 1.80 bits per heavy atom. The number of hydrogen-bond donors (Lipinski definition) is 1. The second kappa shape index (κ2) is 3.43. The van der Waals surface area contributed by atoms with Crippen LogP contribution >= 0.6 is 0 Å². The molecule has 3 saturated heterocycles. The molecule has 5 nitrogen and oxygen atoms in total. The zero-order valence-electron chi connectivity index (χ0n) is 8.99. The van der Waals surface area contributed by atoms with E-state index in [4.69, 9.17) is 19.3 Å². The van der Waals surface area contributed by atoms with Gasteiger partial charge in [0.25, 0.3) is 5.97 Å². The van der Waals surface area contributed by atoms with Gasteiger partial charge in [0.2, 0.25) is 0 Å². The normalized spacial score (nSPS) is 35.5. The summed E-state index contributed by atoms with van der Waals surface area (Å²) < 4.78 is 16.3. The highest BCUT2D eigenvalue weighted by Gasteiger charge is 2.49. The van der Waals surface area contributed by atoms with E-state index in [1.165, 1.54) is 0 Å². The van der Waals surface area contributed by atoms with Gasteiger partial charge in [-0.1, -0.05) is 0 Å². The first kappa shape index (κ1) is 10.9. The lowest BCUT2D eigenvalue weighted by Gasteiger charge is -2.47. The van der Waals surface area contributed by atoms with Crippen LogP contribution in [0.1, 0.15) is 20.3 Å². The molecule has 3 heterocycles. The molecule has 3 aliphatic heterocycles. The fraction of sp³-hybridized carbons (Fsp3) is 0.900. The molecule has 2 bridgehead atoms. The number of fused-ring (bicyclic) bond motifs is 3. The van der Waals surface area contributed by atoms with Crippen LogP contribution in [0.3, 0.4) is 0 Å². The Labute approximate surface area is 88.3 Å². The van der Waals surface area contributed by atoms with Crippen LogP contribution in [-0.2, 0) is 19.0 Å². The lowest BCUT2D eigenvalue weighted by molar-refractivity contribution is -0.454. The lowest BCUT2D eigenvalue weighted by Crippen LogP contribution is -2.56. The van der Waals surface area contributed by atoms with Crippen LogP contribution in [0, 0.1) is 11.3 Å². The Hall–Kier alpha value is -0.650. The molecule has 0 saturated carbocycles. The Bertz CT molecular complexity index is 251. The van der Waals surface area contributed by atoms with E-state index >= 15 is 0 Å². The van der Waals surface area contributed by atoms with Gasteiger partial charge in [0.05, 0.1) is 25.2 Å². The maximum Gasteiger partial charge on any atom is 0.309 e. The monoisotopic (exact) mass is 216 g/mol. The van der Waals surface area contributed by atoms with Gasteiger partial charge in [-0.15, -0.1) is 0 Å². The molecular weight excluding hydrogens is 200 g/mol. The number of hydrogen-bond acceptors (Lipinski definition) is 4. The number of carbonyl (C=O) groups is 1. The molecular formula is C10H16O5. The minimum absolute atomic E-state index is 0.210. The molecule has 0 atom stereocenters. The van der Waals surface area contributed by atoms with E-state index in [0.717, 1.165) is 0 Å². The quantitative estimate of drug-likeness (QED) is 0.757. The van der Waals surface area contributed by atoms with Crippen molar-refractivity contribution in [3.05, 3.63) is 0 Å². The molecule has 0 spiro atoms. The highest BCUT2D eigenvalue weighted by atomic mass is 16.9. The summed E-state index contributed by atoms with van der Waals surface area (Å²) in [6.07, 6.45) is 0.210. The molecule has 5 heteroatoms. The molecule has 0 aromatic rings. The van der Waals surface area contributed by atoms with E-state index in [2.05, 4.69) is 0 Å². The van der Waals surface area contributed by atoms with Crippen molar-refractivity contribution in [3.63, 3.8) is 0 Å². The minimum Gasteiger partial charge on any atom is -0.481 e. The summed E-state index contributed by atoms with van der Waals surface area (Å²) in [6.45, 7) is 5.06. The SMILES string of the molecule is CC(C)(CC12OCC(CO1)CO2)C(=O)O. The van der Waals surface area contributed by atoms with Crippen LogP contribution < -0.4 is 0 Å². The number of rotatable bonds is 3. The second-order valence-corrected chi connectivity index (χ2v) is 4.85. The standard InChI is InChI=1S/C10H16O5/c1-9(2,8(11)12)6-10-13-3-7(4-14-10)5-15-10/h7H,3-6H2,1-2H3,(H,11,12). The predicted octanol–water partition coefficient (Wildman–Crippen LogP) is 0.834. The fourth-order valence-electron chi connectivity index (χ4n) is 1.77. The summed E-state index contributed by atoms with van der Waals surface area (Å²) in [7, 11) is 0. The average Bonchev–Trinajstić information content (AvgIpc) is 2.18. The lowest BCUT2D eigenvalue weighted by atomic mass is 9.87. The first-order chi connectivity index (χ1) is 6.94. The summed E-state index contributed by atoms with van der Waals surface area (Å²) >= 11 is 0. The Balaban J connectivity index is 2.07. The molecule has 86 valence electrons. The molecule has 15 heavy (non-hydrogen) atoms. The van der Waals surface area contributed by atoms with Gasteiger partial charge >= 0.3 is 5.97 Å². The highest BCUT2D eigenvalue weighted by Crippen LogP contribution is 2.39. The molecule has 0 aromatic carbocycles. The summed E-state index contributed by atoms with van der Waals surface area (Å²) in [5.41, 5.74) is -0.913. The van der Waals surface area contributed by atoms with Crippen LogP contribution in [0.4, 0.5) is 0 Å². The van der Waals surface area contributed by atoms with Crippen molar-refractivity contribution in [2.24, 2.45) is 11.3 Å². The van der Waals surface area contributed by atoms with Crippen molar-refractivity contribution in [3.8, 4) is 0 Å². The molecule has 0 amide bonds. The third-order valence-electron chi connectivity index (χ3n) is 2.85. The van der Waals surface area contributed by atoms with Crippen molar-refractivity contribution >= 4 is 5.97 Å². The average molecular weight is 216 g/mol. The summed E-state index contributed by atoms with van der Waals surface area (Å²) in [6, 6.07) is 0. The van der Waals surface area contributed by atoms with Crippen LogP contribution in [0.5, 0.6) is 0 Å². The second-order valence-electron chi connectivity index (χ2n) is 4.85. The van der Waals surface area contributed by atoms with Crippen molar-refractivity contribution in [2.75, 3.05) is 19.8 Å². The van der Waals surface area contributed by atoms with Crippen molar-refractivity contribution in [1.29, 1.82) is 0 Å². The van der Waals surface area contributed by atoms with Crippen molar-refractivity contribution in [2.45, 2.75) is 26.2 Å². The Morgan fingerprint density at radius 3 is 2.20 bits per heavy atom. The molecule has 0 aliphatic carbocycles. The molecule has 3 aliphatic rings. The first-order valence-corrected chi connectivity index (χ1v) is 5.09. The highest BCUT2D eigenvalue weighted by molar-refractivity contribution is 5.73. The van der Waals surface area contributed by atoms with Crippen LogP contribution in [0.15, 0.2) is 0 Å². The maximum absolute atomic E-state index is 11.0. The largest absolute Gasteiger partial charge is 0.481 e. The van der Waals surface area contributed by atoms with Gasteiger partial charge in [-0.05, 0) is 13.8 Å². The van der Waals surface area contributed by atoms with Gasteiger partial charge < -0.3 is 19.3 Å². The zero-order chi connectivity index (χ0) is 11.1. The van der Waals surface area contributed by atoms with E-state index in [1.54, 1.807) is 13.8 Å². The summed E-state index contributed by atoms with van der Waals surface area (Å²) in [5.74, 6) is -1.71.